The normalized spacial score (nSPS) is 15.1. The number of hydrogen-bond acceptors (Lipinski definition) is 5. The van der Waals surface area contributed by atoms with E-state index in [-0.39, 0.29) is 6.42 Å². The zero-order chi connectivity index (χ0) is 14.7. The van der Waals surface area contributed by atoms with E-state index in [1.807, 2.05) is 30.3 Å². The second-order valence-electron chi connectivity index (χ2n) is 4.80. The number of thiazole rings is 1. The zero-order valence-electron chi connectivity index (χ0n) is 11.5. The molecule has 2 aromatic rings. The summed E-state index contributed by atoms with van der Waals surface area (Å²) in [7, 11) is 0. The van der Waals surface area contributed by atoms with Crippen LogP contribution in [0.25, 0.3) is 11.3 Å². The lowest BCUT2D eigenvalue weighted by Gasteiger charge is -2.26. The summed E-state index contributed by atoms with van der Waals surface area (Å²) in [5, 5.41) is 9.99. The molecule has 2 heterocycles. The molecule has 1 aromatic carbocycles. The molecule has 3 rings (SSSR count). The van der Waals surface area contributed by atoms with Crippen LogP contribution in [0.1, 0.15) is 4.88 Å². The number of aliphatic carboxylic acids is 1. The summed E-state index contributed by atoms with van der Waals surface area (Å²) in [6.07, 6.45) is 0.00618. The third-order valence-electron chi connectivity index (χ3n) is 3.33. The maximum Gasteiger partial charge on any atom is 0.308 e. The monoisotopic (exact) mass is 304 g/mol. The van der Waals surface area contributed by atoms with E-state index in [0.29, 0.717) is 13.2 Å². The predicted octanol–water partition coefficient (Wildman–Crippen LogP) is 2.27. The summed E-state index contributed by atoms with van der Waals surface area (Å²) >= 11 is 1.47. The largest absolute Gasteiger partial charge is 0.481 e. The van der Waals surface area contributed by atoms with Crippen molar-refractivity contribution >= 4 is 22.4 Å². The molecule has 21 heavy (non-hydrogen) atoms. The van der Waals surface area contributed by atoms with Crippen LogP contribution in [0.5, 0.6) is 0 Å². The number of morpholine rings is 1. The van der Waals surface area contributed by atoms with E-state index in [1.54, 1.807) is 0 Å². The van der Waals surface area contributed by atoms with Gasteiger partial charge in [0, 0.05) is 23.5 Å². The second kappa shape index (κ2) is 6.24. The van der Waals surface area contributed by atoms with E-state index < -0.39 is 5.97 Å². The van der Waals surface area contributed by atoms with Crippen LogP contribution in [-0.2, 0) is 16.0 Å². The fraction of sp³-hybridized carbons (Fsp3) is 0.333. The van der Waals surface area contributed by atoms with Crippen molar-refractivity contribution in [2.24, 2.45) is 0 Å². The van der Waals surface area contributed by atoms with Crippen molar-refractivity contribution in [3.05, 3.63) is 35.2 Å². The Labute approximate surface area is 126 Å². The highest BCUT2D eigenvalue weighted by atomic mass is 32.1. The number of anilines is 1. The van der Waals surface area contributed by atoms with Gasteiger partial charge in [-0.25, -0.2) is 4.98 Å². The third kappa shape index (κ3) is 3.22. The van der Waals surface area contributed by atoms with E-state index in [9.17, 15) is 4.79 Å². The van der Waals surface area contributed by atoms with Gasteiger partial charge in [-0.1, -0.05) is 30.3 Å². The standard InChI is InChI=1S/C15H16N2O3S/c18-13(19)10-12-14(11-4-2-1-3-5-11)16-15(21-12)17-6-8-20-9-7-17/h1-5H,6-10H2,(H,18,19). The molecule has 6 heteroatoms. The number of benzene rings is 1. The fourth-order valence-corrected chi connectivity index (χ4v) is 3.43. The van der Waals surface area contributed by atoms with Gasteiger partial charge in [-0.15, -0.1) is 11.3 Å². The number of carboxylic acids is 1. The van der Waals surface area contributed by atoms with Crippen molar-refractivity contribution < 1.29 is 14.6 Å². The smallest absolute Gasteiger partial charge is 0.308 e. The lowest BCUT2D eigenvalue weighted by Crippen LogP contribution is -2.36. The Morgan fingerprint density at radius 2 is 2.00 bits per heavy atom. The molecule has 1 saturated heterocycles. The predicted molar refractivity (Wildman–Crippen MR) is 81.9 cm³/mol. The van der Waals surface area contributed by atoms with Crippen LogP contribution in [-0.4, -0.2) is 42.4 Å². The Hall–Kier alpha value is -1.92. The average Bonchev–Trinajstić information content (AvgIpc) is 2.92. The number of aromatic nitrogens is 1. The molecule has 1 aliphatic rings. The van der Waals surface area contributed by atoms with Gasteiger partial charge in [0.1, 0.15) is 0 Å². The Balaban J connectivity index is 1.96. The lowest BCUT2D eigenvalue weighted by atomic mass is 10.1. The topological polar surface area (TPSA) is 62.7 Å². The minimum atomic E-state index is -0.829. The molecule has 1 aliphatic heterocycles. The summed E-state index contributed by atoms with van der Waals surface area (Å²) in [4.78, 5) is 18.7. The van der Waals surface area contributed by atoms with Gasteiger partial charge in [-0.3, -0.25) is 4.79 Å². The molecule has 0 radical (unpaired) electrons. The van der Waals surface area contributed by atoms with E-state index in [0.717, 1.165) is 34.4 Å². The Bertz CT molecular complexity index is 621. The van der Waals surface area contributed by atoms with E-state index in [4.69, 9.17) is 9.84 Å². The second-order valence-corrected chi connectivity index (χ2v) is 5.87. The zero-order valence-corrected chi connectivity index (χ0v) is 12.3. The summed E-state index contributed by atoms with van der Waals surface area (Å²) < 4.78 is 5.35. The first-order valence-electron chi connectivity index (χ1n) is 6.83. The molecule has 0 amide bonds. The van der Waals surface area contributed by atoms with Crippen LogP contribution in [0.3, 0.4) is 0 Å². The number of rotatable bonds is 4. The van der Waals surface area contributed by atoms with Gasteiger partial charge in [0.2, 0.25) is 0 Å². The van der Waals surface area contributed by atoms with Gasteiger partial charge in [0.15, 0.2) is 5.13 Å². The van der Waals surface area contributed by atoms with Gasteiger partial charge >= 0.3 is 5.97 Å². The van der Waals surface area contributed by atoms with Gasteiger partial charge in [-0.2, -0.15) is 0 Å². The van der Waals surface area contributed by atoms with E-state index in [1.165, 1.54) is 11.3 Å². The van der Waals surface area contributed by atoms with Crippen molar-refractivity contribution in [1.29, 1.82) is 0 Å². The van der Waals surface area contributed by atoms with Crippen molar-refractivity contribution in [3.63, 3.8) is 0 Å². The van der Waals surface area contributed by atoms with E-state index >= 15 is 0 Å². The third-order valence-corrected chi connectivity index (χ3v) is 4.44. The van der Waals surface area contributed by atoms with Crippen molar-refractivity contribution in [2.45, 2.75) is 6.42 Å². The number of nitrogens with zero attached hydrogens (tertiary/aromatic N) is 2. The molecular formula is C15H16N2O3S. The first kappa shape index (κ1) is 14.0. The highest BCUT2D eigenvalue weighted by Gasteiger charge is 2.20. The van der Waals surface area contributed by atoms with E-state index in [2.05, 4.69) is 9.88 Å². The highest BCUT2D eigenvalue weighted by Crippen LogP contribution is 2.33. The molecule has 1 aromatic heterocycles. The first-order valence-corrected chi connectivity index (χ1v) is 7.65. The Morgan fingerprint density at radius 1 is 1.29 bits per heavy atom. The molecule has 0 saturated carbocycles. The molecular weight excluding hydrogens is 288 g/mol. The molecule has 0 unspecified atom stereocenters. The maximum absolute atomic E-state index is 11.1. The highest BCUT2D eigenvalue weighted by molar-refractivity contribution is 7.16. The summed E-state index contributed by atoms with van der Waals surface area (Å²) in [6.45, 7) is 2.98. The quantitative estimate of drug-likeness (QED) is 0.939. The maximum atomic E-state index is 11.1. The summed E-state index contributed by atoms with van der Waals surface area (Å²) in [5.41, 5.74) is 1.74. The molecule has 5 nitrogen and oxygen atoms in total. The van der Waals surface area contributed by atoms with Crippen LogP contribution >= 0.6 is 11.3 Å². The van der Waals surface area contributed by atoms with Crippen LogP contribution in [0.15, 0.2) is 30.3 Å². The number of carboxylic acid groups (broad SMARTS) is 1. The number of carbonyl (C=O) groups is 1. The van der Waals surface area contributed by atoms with Crippen LogP contribution in [0.2, 0.25) is 0 Å². The molecule has 0 aliphatic carbocycles. The first-order chi connectivity index (χ1) is 10.2. The Kier molecular flexibility index (Phi) is 4.17. The Morgan fingerprint density at radius 3 is 2.67 bits per heavy atom. The van der Waals surface area contributed by atoms with Gasteiger partial charge < -0.3 is 14.7 Å². The van der Waals surface area contributed by atoms with Gasteiger partial charge in [0.25, 0.3) is 0 Å². The average molecular weight is 304 g/mol. The number of ether oxygens (including phenoxy) is 1. The SMILES string of the molecule is O=C(O)Cc1sc(N2CCOCC2)nc1-c1ccccc1. The molecule has 0 bridgehead atoms. The summed E-state index contributed by atoms with van der Waals surface area (Å²) in [6, 6.07) is 9.74. The molecule has 1 N–H and O–H groups in total. The van der Waals surface area contributed by atoms with Crippen LogP contribution in [0.4, 0.5) is 5.13 Å². The van der Waals surface area contributed by atoms with Crippen molar-refractivity contribution in [3.8, 4) is 11.3 Å². The van der Waals surface area contributed by atoms with Gasteiger partial charge in [-0.05, 0) is 0 Å². The lowest BCUT2D eigenvalue weighted by molar-refractivity contribution is -0.136. The van der Waals surface area contributed by atoms with Crippen molar-refractivity contribution in [1.82, 2.24) is 4.98 Å². The molecule has 110 valence electrons. The minimum Gasteiger partial charge on any atom is -0.481 e. The van der Waals surface area contributed by atoms with Crippen LogP contribution in [0, 0.1) is 0 Å². The fourth-order valence-electron chi connectivity index (χ4n) is 2.31. The van der Waals surface area contributed by atoms with Crippen molar-refractivity contribution in [2.75, 3.05) is 31.2 Å². The molecule has 0 spiro atoms. The van der Waals surface area contributed by atoms with Crippen LogP contribution < -0.4 is 4.90 Å². The van der Waals surface area contributed by atoms with Gasteiger partial charge in [0.05, 0.1) is 25.3 Å². The summed E-state index contributed by atoms with van der Waals surface area (Å²) in [5.74, 6) is -0.829. The molecule has 0 atom stereocenters. The minimum absolute atomic E-state index is 0.00618. The number of hydrogen-bond donors (Lipinski definition) is 1. The molecule has 1 fully saturated rings.